The van der Waals surface area contributed by atoms with E-state index in [9.17, 15) is 9.90 Å². The molecule has 9 N–H and O–H groups in total. The van der Waals surface area contributed by atoms with Gasteiger partial charge in [0, 0.05) is 57.6 Å². The molecule has 51 heavy (non-hydrogen) atoms. The van der Waals surface area contributed by atoms with Crippen LogP contribution in [0.2, 0.25) is 0 Å². The summed E-state index contributed by atoms with van der Waals surface area (Å²) in [5.74, 6) is -0.307. The third-order valence-electron chi connectivity index (χ3n) is 10.3. The van der Waals surface area contributed by atoms with E-state index in [4.69, 9.17) is 24.7 Å². The molecule has 0 radical (unpaired) electrons. The van der Waals surface area contributed by atoms with Crippen LogP contribution in [0.25, 0.3) is 0 Å². The number of hydrogen-bond acceptors (Lipinski definition) is 12. The number of carbonyl (C=O) groups is 1. The Kier molecular flexibility index (Phi) is 25.9. The van der Waals surface area contributed by atoms with Crippen LogP contribution in [0.1, 0.15) is 112 Å². The number of carbonyl (C=O) groups excluding carboxylic acids is 1. The van der Waals surface area contributed by atoms with Crippen LogP contribution in [-0.4, -0.2) is 113 Å². The van der Waals surface area contributed by atoms with Crippen molar-refractivity contribution in [3.8, 4) is 0 Å². The molecule has 3 saturated heterocycles. The molecular weight excluding hydrogens is 767 g/mol. The third-order valence-corrected chi connectivity index (χ3v) is 10.3. The van der Waals surface area contributed by atoms with Gasteiger partial charge in [0.2, 0.25) is 0 Å². The number of ketones is 1. The minimum atomic E-state index is -1.04. The number of fused-ring (bicyclic) bond motifs is 1. The second kappa shape index (κ2) is 26.5. The monoisotopic (exact) mass is 842 g/mol. The lowest BCUT2D eigenvalue weighted by Gasteiger charge is -2.52. The van der Waals surface area contributed by atoms with Gasteiger partial charge in [-0.25, -0.2) is 0 Å². The number of likely N-dealkylation sites (tertiary alicyclic amines) is 1. The van der Waals surface area contributed by atoms with Gasteiger partial charge in [0.25, 0.3) is 0 Å². The maximum absolute atomic E-state index is 13.6. The molecule has 4 aliphatic heterocycles. The Bertz CT molecular complexity index is 1020. The molecule has 1 saturated carbocycles. The topological polar surface area (TPSA) is 183 Å². The Morgan fingerprint density at radius 1 is 1.02 bits per heavy atom. The summed E-state index contributed by atoms with van der Waals surface area (Å²) in [5.41, 5.74) is 8.07. The van der Waals surface area contributed by atoms with Crippen molar-refractivity contribution < 1.29 is 34.3 Å². The van der Waals surface area contributed by atoms with Crippen LogP contribution in [0.5, 0.6) is 0 Å². The maximum Gasteiger partial charge on any atom is 0.197 e. The SMILES string of the molecule is C1CCOC1.CC.CC.CCC1CCCN1C.CNC1=C(NCCOC)C(O)NC(C(=O)C2=C(N)[C@]3(CCCCC34OCCO4)CCC2)N1.I.O. The normalized spacial score (nSPS) is 27.8. The Hall–Kier alpha value is -1.24. The van der Waals surface area contributed by atoms with E-state index >= 15 is 0 Å². The van der Waals surface area contributed by atoms with Gasteiger partial charge in [0.1, 0.15) is 12.0 Å². The average molecular weight is 843 g/mol. The average Bonchev–Trinajstić information content (AvgIpc) is 3.95. The van der Waals surface area contributed by atoms with Crippen LogP contribution < -0.4 is 27.0 Å². The molecule has 4 fully saturated rings. The lowest BCUT2D eigenvalue weighted by atomic mass is 9.60. The Labute approximate surface area is 326 Å². The second-order valence-electron chi connectivity index (χ2n) is 13.0. The predicted octanol–water partition coefficient (Wildman–Crippen LogP) is 3.85. The summed E-state index contributed by atoms with van der Waals surface area (Å²) in [5, 5.41) is 23.0. The maximum atomic E-state index is 13.6. The zero-order chi connectivity index (χ0) is 36.3. The molecule has 0 bridgehead atoms. The molecule has 6 rings (SSSR count). The van der Waals surface area contributed by atoms with E-state index in [0.717, 1.165) is 57.8 Å². The van der Waals surface area contributed by atoms with Gasteiger partial charge in [-0.05, 0) is 77.8 Å². The largest absolute Gasteiger partial charge is 0.412 e. The number of ether oxygens (including phenoxy) is 4. The first-order chi connectivity index (χ1) is 23.8. The minimum absolute atomic E-state index is 0. The highest BCUT2D eigenvalue weighted by Gasteiger charge is 2.60. The van der Waals surface area contributed by atoms with Crippen LogP contribution in [0.4, 0.5) is 0 Å². The number of Topliss-reactive ketones (excluding diaryl/α,β-unsaturated/α-hetero) is 1. The molecule has 0 aromatic heterocycles. The third kappa shape index (κ3) is 12.9. The van der Waals surface area contributed by atoms with E-state index in [-0.39, 0.29) is 35.2 Å². The van der Waals surface area contributed by atoms with E-state index in [2.05, 4.69) is 40.1 Å². The van der Waals surface area contributed by atoms with Crippen LogP contribution >= 0.6 is 24.0 Å². The first-order valence-electron chi connectivity index (χ1n) is 19.3. The van der Waals surface area contributed by atoms with Gasteiger partial charge in [-0.3, -0.25) is 10.1 Å². The van der Waals surface area contributed by atoms with Crippen molar-refractivity contribution in [3.63, 3.8) is 0 Å². The van der Waals surface area contributed by atoms with Crippen molar-refractivity contribution in [2.24, 2.45) is 11.1 Å². The fourth-order valence-corrected chi connectivity index (χ4v) is 7.77. The second-order valence-corrected chi connectivity index (χ2v) is 13.0. The first-order valence-corrected chi connectivity index (χ1v) is 19.3. The van der Waals surface area contributed by atoms with E-state index in [1.807, 2.05) is 27.7 Å². The molecule has 4 heterocycles. The lowest BCUT2D eigenvalue weighted by molar-refractivity contribution is -0.248. The van der Waals surface area contributed by atoms with E-state index in [1.54, 1.807) is 14.2 Å². The van der Waals surface area contributed by atoms with Gasteiger partial charge in [0.15, 0.2) is 17.8 Å². The number of hydrogen-bond donors (Lipinski definition) is 6. The molecule has 13 nitrogen and oxygen atoms in total. The van der Waals surface area contributed by atoms with Crippen molar-refractivity contribution in [2.75, 3.05) is 67.3 Å². The van der Waals surface area contributed by atoms with Gasteiger partial charge in [-0.1, -0.05) is 41.0 Å². The number of rotatable bonds is 8. The molecule has 3 unspecified atom stereocenters. The van der Waals surface area contributed by atoms with E-state index < -0.39 is 23.6 Å². The van der Waals surface area contributed by atoms with Crippen LogP contribution in [0.15, 0.2) is 22.8 Å². The van der Waals surface area contributed by atoms with Crippen molar-refractivity contribution in [1.82, 2.24) is 26.2 Å². The van der Waals surface area contributed by atoms with Crippen molar-refractivity contribution in [2.45, 2.75) is 136 Å². The number of aliphatic hydroxyl groups is 1. The van der Waals surface area contributed by atoms with Crippen molar-refractivity contribution >= 4 is 29.8 Å². The molecule has 4 atom stereocenters. The van der Waals surface area contributed by atoms with Crippen LogP contribution in [-0.2, 0) is 23.7 Å². The standard InChI is InChI=1S/C22H37N5O5.C7H15N.C4H8O.2C2H6.HI.H2O/c1-24-18-15(25-10-11-30-2)20(29)27-19(26-18)16(28)14-6-5-8-21(17(14)23)7-3-4-9-22(21)31-12-13-32-22;1-3-7-5-4-6-8(7)2;1-2-4-5-3-1;2*1-2;;/h19-20,24-27,29H,3-13,23H2,1-2H3;7H,3-6H2,1-2H3;1-4H2;2*1-2H3;1H;1H2/t19?,20?,21-;;;;;;/m0....../s1. The molecule has 0 amide bonds. The first kappa shape index (κ1) is 49.8. The number of nitrogens with two attached hydrogens (primary N) is 1. The van der Waals surface area contributed by atoms with E-state index in [0.29, 0.717) is 55.6 Å². The summed E-state index contributed by atoms with van der Waals surface area (Å²) < 4.78 is 22.4. The van der Waals surface area contributed by atoms with Crippen molar-refractivity contribution in [1.29, 1.82) is 0 Å². The van der Waals surface area contributed by atoms with Gasteiger partial charge in [-0.15, -0.1) is 24.0 Å². The highest BCUT2D eigenvalue weighted by atomic mass is 127. The molecule has 2 aliphatic carbocycles. The molecule has 0 aromatic carbocycles. The Balaban J connectivity index is 0.00000109. The summed E-state index contributed by atoms with van der Waals surface area (Å²) in [7, 11) is 5.58. The van der Waals surface area contributed by atoms with Crippen LogP contribution in [0, 0.1) is 5.41 Å². The number of nitrogens with one attached hydrogen (secondary N) is 4. The van der Waals surface area contributed by atoms with Gasteiger partial charge in [-0.2, -0.15) is 0 Å². The van der Waals surface area contributed by atoms with Gasteiger partial charge >= 0.3 is 0 Å². The molecule has 302 valence electrons. The lowest BCUT2D eigenvalue weighted by Crippen LogP contribution is -2.61. The fourth-order valence-electron chi connectivity index (χ4n) is 7.77. The quantitative estimate of drug-likeness (QED) is 0.154. The fraction of sp³-hybridized carbons (Fsp3) is 0.865. The van der Waals surface area contributed by atoms with E-state index in [1.165, 1.54) is 38.6 Å². The highest BCUT2D eigenvalue weighted by Crippen LogP contribution is 2.57. The van der Waals surface area contributed by atoms with Crippen LogP contribution in [0.3, 0.4) is 0 Å². The zero-order valence-corrected chi connectivity index (χ0v) is 35.4. The molecule has 6 aliphatic rings. The number of methoxy groups -OCH3 is 1. The summed E-state index contributed by atoms with van der Waals surface area (Å²) in [6.07, 6.45) is 10.9. The number of nitrogens with zero attached hydrogens (tertiary/aromatic N) is 1. The summed E-state index contributed by atoms with van der Waals surface area (Å²) in [6.45, 7) is 15.7. The molecule has 0 aromatic rings. The van der Waals surface area contributed by atoms with Crippen molar-refractivity contribution in [3.05, 3.63) is 22.8 Å². The Morgan fingerprint density at radius 3 is 2.16 bits per heavy atom. The number of halogens is 1. The summed E-state index contributed by atoms with van der Waals surface area (Å²) >= 11 is 0. The highest BCUT2D eigenvalue weighted by molar-refractivity contribution is 14.0. The van der Waals surface area contributed by atoms with Gasteiger partial charge < -0.3 is 56.1 Å². The predicted molar refractivity (Wildman–Crippen MR) is 215 cm³/mol. The Morgan fingerprint density at radius 2 is 1.65 bits per heavy atom. The number of aliphatic hydroxyl groups excluding tert-OH is 1. The zero-order valence-electron chi connectivity index (χ0n) is 33.1. The van der Waals surface area contributed by atoms with Gasteiger partial charge in [0.05, 0.1) is 30.9 Å². The summed E-state index contributed by atoms with van der Waals surface area (Å²) in [6, 6.07) is 0.898. The molecule has 2 spiro atoms. The molecule has 14 heteroatoms. The molecular formula is C37H75IN6O7. The smallest absolute Gasteiger partial charge is 0.197 e. The minimum Gasteiger partial charge on any atom is -0.412 e. The summed E-state index contributed by atoms with van der Waals surface area (Å²) in [4.78, 5) is 16.1.